The van der Waals surface area contributed by atoms with Gasteiger partial charge in [0.2, 0.25) is 0 Å². The minimum absolute atomic E-state index is 0.957. The Bertz CT molecular complexity index is 186. The second kappa shape index (κ2) is 3.46. The molecular formula is C10H18N2. The van der Waals surface area contributed by atoms with Gasteiger partial charge in [-0.2, -0.15) is 0 Å². The van der Waals surface area contributed by atoms with Crippen LogP contribution in [0.4, 0.5) is 0 Å². The molecule has 0 bridgehead atoms. The molecule has 68 valence electrons. The molecule has 0 unspecified atom stereocenters. The van der Waals surface area contributed by atoms with E-state index in [1.165, 1.54) is 38.1 Å². The Kier molecular flexibility index (Phi) is 2.33. The van der Waals surface area contributed by atoms with Crippen LogP contribution in [0.3, 0.4) is 0 Å². The highest BCUT2D eigenvalue weighted by Crippen LogP contribution is 2.40. The van der Waals surface area contributed by atoms with Crippen LogP contribution in [-0.4, -0.2) is 18.9 Å². The number of nitrogens with one attached hydrogen (secondary N) is 1. The summed E-state index contributed by atoms with van der Waals surface area (Å²) < 4.78 is 0. The number of hydrogen-bond donors (Lipinski definition) is 1. The van der Waals surface area contributed by atoms with E-state index in [1.807, 2.05) is 0 Å². The lowest BCUT2D eigenvalue weighted by Gasteiger charge is -2.03. The fraction of sp³-hybridized carbons (Fsp3) is 0.900. The second-order valence-corrected chi connectivity index (χ2v) is 3.98. The molecule has 0 amide bonds. The minimum atomic E-state index is 0.957. The van der Waals surface area contributed by atoms with Gasteiger partial charge in [-0.1, -0.05) is 13.3 Å². The SMILES string of the molecule is CC[C@@H]1C[C@H]1CNC1=NCCC1. The first-order valence-electron chi connectivity index (χ1n) is 5.17. The van der Waals surface area contributed by atoms with Gasteiger partial charge < -0.3 is 5.32 Å². The van der Waals surface area contributed by atoms with E-state index in [0.29, 0.717) is 0 Å². The zero-order valence-electron chi connectivity index (χ0n) is 7.84. The van der Waals surface area contributed by atoms with Crippen LogP contribution >= 0.6 is 0 Å². The molecule has 1 saturated carbocycles. The van der Waals surface area contributed by atoms with Crippen LogP contribution in [0.5, 0.6) is 0 Å². The number of rotatable bonds is 3. The molecule has 0 aromatic carbocycles. The third kappa shape index (κ3) is 1.79. The molecule has 2 nitrogen and oxygen atoms in total. The number of nitrogens with zero attached hydrogens (tertiary/aromatic N) is 1. The largest absolute Gasteiger partial charge is 0.374 e. The van der Waals surface area contributed by atoms with Crippen molar-refractivity contribution in [2.24, 2.45) is 16.8 Å². The summed E-state index contributed by atoms with van der Waals surface area (Å²) in [5, 5.41) is 3.46. The number of hydrogen-bond acceptors (Lipinski definition) is 2. The van der Waals surface area contributed by atoms with Gasteiger partial charge in [0.25, 0.3) is 0 Å². The van der Waals surface area contributed by atoms with Crippen molar-refractivity contribution in [1.82, 2.24) is 5.32 Å². The van der Waals surface area contributed by atoms with Crippen molar-refractivity contribution in [2.45, 2.75) is 32.6 Å². The zero-order chi connectivity index (χ0) is 8.39. The molecule has 0 radical (unpaired) electrons. The molecule has 0 aromatic heterocycles. The van der Waals surface area contributed by atoms with E-state index in [-0.39, 0.29) is 0 Å². The summed E-state index contributed by atoms with van der Waals surface area (Å²) in [5.41, 5.74) is 0. The topological polar surface area (TPSA) is 24.4 Å². The average Bonchev–Trinajstić information content (AvgIpc) is 2.67. The summed E-state index contributed by atoms with van der Waals surface area (Å²) >= 11 is 0. The molecule has 1 fully saturated rings. The van der Waals surface area contributed by atoms with Crippen LogP contribution in [0.25, 0.3) is 0 Å². The third-order valence-electron chi connectivity index (χ3n) is 3.04. The Morgan fingerprint density at radius 3 is 3.00 bits per heavy atom. The molecule has 0 aromatic rings. The Morgan fingerprint density at radius 2 is 2.42 bits per heavy atom. The van der Waals surface area contributed by atoms with Gasteiger partial charge in [0.1, 0.15) is 0 Å². The highest BCUT2D eigenvalue weighted by atomic mass is 15.0. The van der Waals surface area contributed by atoms with Crippen molar-refractivity contribution in [3.05, 3.63) is 0 Å². The first-order valence-corrected chi connectivity index (χ1v) is 5.17. The normalized spacial score (nSPS) is 33.2. The van der Waals surface area contributed by atoms with Crippen LogP contribution in [0.2, 0.25) is 0 Å². The lowest BCUT2D eigenvalue weighted by atomic mass is 10.2. The van der Waals surface area contributed by atoms with E-state index in [9.17, 15) is 0 Å². The molecule has 0 saturated heterocycles. The molecule has 1 aliphatic carbocycles. The van der Waals surface area contributed by atoms with E-state index in [1.54, 1.807) is 0 Å². The van der Waals surface area contributed by atoms with Crippen LogP contribution in [0.15, 0.2) is 4.99 Å². The number of amidine groups is 1. The van der Waals surface area contributed by atoms with E-state index < -0.39 is 0 Å². The maximum absolute atomic E-state index is 4.39. The molecule has 1 aliphatic heterocycles. The van der Waals surface area contributed by atoms with Gasteiger partial charge >= 0.3 is 0 Å². The molecule has 1 N–H and O–H groups in total. The second-order valence-electron chi connectivity index (χ2n) is 3.98. The predicted molar refractivity (Wildman–Crippen MR) is 51.4 cm³/mol. The van der Waals surface area contributed by atoms with E-state index in [2.05, 4.69) is 17.2 Å². The lowest BCUT2D eigenvalue weighted by Crippen LogP contribution is -2.24. The van der Waals surface area contributed by atoms with Crippen LogP contribution in [0, 0.1) is 11.8 Å². The van der Waals surface area contributed by atoms with Crippen molar-refractivity contribution in [3.63, 3.8) is 0 Å². The summed E-state index contributed by atoms with van der Waals surface area (Å²) in [6.07, 6.45) is 5.24. The summed E-state index contributed by atoms with van der Waals surface area (Å²) in [6.45, 7) is 4.51. The van der Waals surface area contributed by atoms with E-state index >= 15 is 0 Å². The van der Waals surface area contributed by atoms with Crippen molar-refractivity contribution in [2.75, 3.05) is 13.1 Å². The minimum Gasteiger partial charge on any atom is -0.374 e. The summed E-state index contributed by atoms with van der Waals surface area (Å²) in [6, 6.07) is 0. The first kappa shape index (κ1) is 8.09. The van der Waals surface area contributed by atoms with Crippen LogP contribution in [0.1, 0.15) is 32.6 Å². The van der Waals surface area contributed by atoms with Crippen molar-refractivity contribution in [1.29, 1.82) is 0 Å². The van der Waals surface area contributed by atoms with E-state index in [4.69, 9.17) is 0 Å². The fourth-order valence-electron chi connectivity index (χ4n) is 1.99. The third-order valence-corrected chi connectivity index (χ3v) is 3.04. The van der Waals surface area contributed by atoms with Crippen LogP contribution < -0.4 is 5.32 Å². The Morgan fingerprint density at radius 1 is 1.50 bits per heavy atom. The summed E-state index contributed by atoms with van der Waals surface area (Å²) in [5.74, 6) is 3.23. The van der Waals surface area contributed by atoms with Gasteiger partial charge in [0, 0.05) is 19.5 Å². The average molecular weight is 166 g/mol. The summed E-state index contributed by atoms with van der Waals surface area (Å²) in [4.78, 5) is 4.39. The maximum Gasteiger partial charge on any atom is 0.0963 e. The van der Waals surface area contributed by atoms with Crippen LogP contribution in [-0.2, 0) is 0 Å². The molecule has 12 heavy (non-hydrogen) atoms. The fourth-order valence-corrected chi connectivity index (χ4v) is 1.99. The van der Waals surface area contributed by atoms with Gasteiger partial charge in [-0.05, 0) is 24.7 Å². The highest BCUT2D eigenvalue weighted by Gasteiger charge is 2.34. The molecule has 0 spiro atoms. The van der Waals surface area contributed by atoms with Gasteiger partial charge in [0.05, 0.1) is 5.84 Å². The standard InChI is InChI=1S/C10H18N2/c1-2-8-6-9(8)7-12-10-4-3-5-11-10/h8-9H,2-7H2,1H3,(H,11,12)/t8-,9+/m1/s1. The Balaban J connectivity index is 1.63. The van der Waals surface area contributed by atoms with Gasteiger partial charge in [-0.3, -0.25) is 4.99 Å². The maximum atomic E-state index is 4.39. The molecular weight excluding hydrogens is 148 g/mol. The van der Waals surface area contributed by atoms with Crippen molar-refractivity contribution >= 4 is 5.84 Å². The molecule has 2 heteroatoms. The van der Waals surface area contributed by atoms with Gasteiger partial charge in [0.15, 0.2) is 0 Å². The van der Waals surface area contributed by atoms with Crippen molar-refractivity contribution < 1.29 is 0 Å². The summed E-state index contributed by atoms with van der Waals surface area (Å²) in [7, 11) is 0. The van der Waals surface area contributed by atoms with Crippen molar-refractivity contribution in [3.8, 4) is 0 Å². The molecule has 2 aliphatic rings. The quantitative estimate of drug-likeness (QED) is 0.679. The Labute approximate surface area is 74.5 Å². The lowest BCUT2D eigenvalue weighted by molar-refractivity contribution is 0.658. The molecule has 2 atom stereocenters. The van der Waals surface area contributed by atoms with Gasteiger partial charge in [-0.25, -0.2) is 0 Å². The first-order chi connectivity index (χ1) is 5.90. The van der Waals surface area contributed by atoms with E-state index in [0.717, 1.165) is 18.4 Å². The predicted octanol–water partition coefficient (Wildman–Crippen LogP) is 1.81. The molecule has 1 heterocycles. The zero-order valence-corrected chi connectivity index (χ0v) is 7.84. The Hall–Kier alpha value is -0.530. The monoisotopic (exact) mass is 166 g/mol. The molecule has 2 rings (SSSR count). The number of aliphatic imine (C=N–C) groups is 1. The van der Waals surface area contributed by atoms with Gasteiger partial charge in [-0.15, -0.1) is 0 Å². The highest BCUT2D eigenvalue weighted by molar-refractivity contribution is 5.83. The smallest absolute Gasteiger partial charge is 0.0963 e.